The summed E-state index contributed by atoms with van der Waals surface area (Å²) in [6.45, 7) is 1.50. The van der Waals surface area contributed by atoms with E-state index in [0.717, 1.165) is 25.3 Å². The van der Waals surface area contributed by atoms with Gasteiger partial charge in [-0.15, -0.1) is 0 Å². The third-order valence-corrected chi connectivity index (χ3v) is 4.25. The summed E-state index contributed by atoms with van der Waals surface area (Å²) in [5, 5.41) is 2.65. The number of ether oxygens (including phenoxy) is 1. The maximum absolute atomic E-state index is 13.7. The van der Waals surface area contributed by atoms with Crippen LogP contribution in [0.4, 0.5) is 8.78 Å². The molecule has 0 heterocycles. The number of carbonyl (C=O) groups excluding carboxylic acids is 1. The highest BCUT2D eigenvalue weighted by Crippen LogP contribution is 2.26. The van der Waals surface area contributed by atoms with E-state index in [1.165, 1.54) is 23.3 Å². The zero-order valence-electron chi connectivity index (χ0n) is 13.4. The fourth-order valence-electron chi connectivity index (χ4n) is 3.00. The maximum Gasteiger partial charge on any atom is 0.258 e. The minimum atomic E-state index is -0.678. The SMILES string of the molecule is CC(NC(=O)COc1ccc2c(c1)CCC2)c1ccc(F)cc1F. The zero-order chi connectivity index (χ0) is 17.1. The molecule has 1 unspecified atom stereocenters. The van der Waals surface area contributed by atoms with Crippen LogP contribution in [0.3, 0.4) is 0 Å². The van der Waals surface area contributed by atoms with Gasteiger partial charge in [-0.25, -0.2) is 8.78 Å². The third kappa shape index (κ3) is 3.72. The Morgan fingerprint density at radius 1 is 1.17 bits per heavy atom. The Balaban J connectivity index is 1.55. The van der Waals surface area contributed by atoms with E-state index < -0.39 is 17.7 Å². The third-order valence-electron chi connectivity index (χ3n) is 4.25. The van der Waals surface area contributed by atoms with Crippen molar-refractivity contribution in [3.8, 4) is 5.75 Å². The number of hydrogen-bond donors (Lipinski definition) is 1. The summed E-state index contributed by atoms with van der Waals surface area (Å²) in [4.78, 5) is 12.0. The molecule has 3 rings (SSSR count). The van der Waals surface area contributed by atoms with Gasteiger partial charge in [-0.3, -0.25) is 4.79 Å². The summed E-state index contributed by atoms with van der Waals surface area (Å²) in [5.74, 6) is -1.02. The summed E-state index contributed by atoms with van der Waals surface area (Å²) >= 11 is 0. The second-order valence-electron chi connectivity index (χ2n) is 6.03. The topological polar surface area (TPSA) is 38.3 Å². The van der Waals surface area contributed by atoms with Crippen molar-refractivity contribution in [2.45, 2.75) is 32.2 Å². The molecule has 1 aliphatic rings. The Morgan fingerprint density at radius 3 is 2.75 bits per heavy atom. The molecule has 5 heteroatoms. The van der Waals surface area contributed by atoms with E-state index in [9.17, 15) is 13.6 Å². The van der Waals surface area contributed by atoms with Gasteiger partial charge in [-0.2, -0.15) is 0 Å². The second-order valence-corrected chi connectivity index (χ2v) is 6.03. The fraction of sp³-hybridized carbons (Fsp3) is 0.316. The van der Waals surface area contributed by atoms with Crippen molar-refractivity contribution >= 4 is 5.91 Å². The predicted octanol–water partition coefficient (Wildman–Crippen LogP) is 3.71. The Bertz CT molecular complexity index is 761. The fourth-order valence-corrected chi connectivity index (χ4v) is 3.00. The highest BCUT2D eigenvalue weighted by Gasteiger charge is 2.15. The molecule has 0 saturated carbocycles. The first kappa shape index (κ1) is 16.4. The Morgan fingerprint density at radius 2 is 1.96 bits per heavy atom. The number of benzene rings is 2. The van der Waals surface area contributed by atoms with E-state index >= 15 is 0 Å². The molecule has 0 fully saturated rings. The minimum absolute atomic E-state index is 0.147. The number of nitrogens with one attached hydrogen (secondary N) is 1. The molecule has 1 N–H and O–H groups in total. The van der Waals surface area contributed by atoms with Crippen molar-refractivity contribution in [2.24, 2.45) is 0 Å². The average molecular weight is 331 g/mol. The van der Waals surface area contributed by atoms with Gasteiger partial charge in [-0.1, -0.05) is 12.1 Å². The lowest BCUT2D eigenvalue weighted by atomic mass is 10.1. The number of hydrogen-bond acceptors (Lipinski definition) is 2. The summed E-state index contributed by atoms with van der Waals surface area (Å²) in [6.07, 6.45) is 3.29. The molecule has 24 heavy (non-hydrogen) atoms. The van der Waals surface area contributed by atoms with E-state index in [4.69, 9.17) is 4.74 Å². The first-order valence-electron chi connectivity index (χ1n) is 8.02. The van der Waals surface area contributed by atoms with Crippen LogP contribution in [-0.2, 0) is 17.6 Å². The zero-order valence-corrected chi connectivity index (χ0v) is 13.4. The van der Waals surface area contributed by atoms with Crippen LogP contribution >= 0.6 is 0 Å². The average Bonchev–Trinajstić information content (AvgIpc) is 3.00. The minimum Gasteiger partial charge on any atom is -0.484 e. The van der Waals surface area contributed by atoms with Gasteiger partial charge in [0.1, 0.15) is 17.4 Å². The maximum atomic E-state index is 13.7. The predicted molar refractivity (Wildman–Crippen MR) is 86.9 cm³/mol. The lowest BCUT2D eigenvalue weighted by Gasteiger charge is -2.15. The van der Waals surface area contributed by atoms with Crippen LogP contribution in [0.25, 0.3) is 0 Å². The molecule has 1 atom stereocenters. The van der Waals surface area contributed by atoms with Crippen molar-refractivity contribution in [1.82, 2.24) is 5.32 Å². The molecular formula is C19H19F2NO2. The molecule has 0 aromatic heterocycles. The summed E-state index contributed by atoms with van der Waals surface area (Å²) in [5.41, 5.74) is 2.85. The molecule has 2 aromatic rings. The molecule has 126 valence electrons. The molecular weight excluding hydrogens is 312 g/mol. The number of fused-ring (bicyclic) bond motifs is 1. The number of halogens is 2. The van der Waals surface area contributed by atoms with Gasteiger partial charge in [0.2, 0.25) is 0 Å². The van der Waals surface area contributed by atoms with E-state index in [1.807, 2.05) is 18.2 Å². The van der Waals surface area contributed by atoms with Gasteiger partial charge >= 0.3 is 0 Å². The molecule has 0 aliphatic heterocycles. The van der Waals surface area contributed by atoms with Gasteiger partial charge in [0.05, 0.1) is 6.04 Å². The Kier molecular flexibility index (Phi) is 4.79. The molecule has 0 bridgehead atoms. The Labute approximate surface area is 139 Å². The van der Waals surface area contributed by atoms with E-state index in [0.29, 0.717) is 5.75 Å². The molecule has 1 aliphatic carbocycles. The molecule has 0 spiro atoms. The first-order valence-corrected chi connectivity index (χ1v) is 8.02. The van der Waals surface area contributed by atoms with Crippen LogP contribution < -0.4 is 10.1 Å². The molecule has 2 aromatic carbocycles. The monoisotopic (exact) mass is 331 g/mol. The number of rotatable bonds is 5. The molecule has 0 radical (unpaired) electrons. The largest absolute Gasteiger partial charge is 0.484 e. The van der Waals surface area contributed by atoms with E-state index in [2.05, 4.69) is 5.32 Å². The smallest absolute Gasteiger partial charge is 0.258 e. The van der Waals surface area contributed by atoms with Crippen molar-refractivity contribution in [1.29, 1.82) is 0 Å². The number of amides is 1. The van der Waals surface area contributed by atoms with Crippen molar-refractivity contribution in [3.63, 3.8) is 0 Å². The summed E-state index contributed by atoms with van der Waals surface area (Å²) in [7, 11) is 0. The van der Waals surface area contributed by atoms with Crippen LogP contribution in [-0.4, -0.2) is 12.5 Å². The van der Waals surface area contributed by atoms with Crippen LogP contribution in [0.5, 0.6) is 5.75 Å². The standard InChI is InChI=1S/C19H19F2NO2/c1-12(17-8-6-15(20)10-18(17)21)22-19(23)11-24-16-7-5-13-3-2-4-14(13)9-16/h5-10,12H,2-4,11H2,1H3,(H,22,23). The lowest BCUT2D eigenvalue weighted by molar-refractivity contribution is -0.123. The van der Waals surface area contributed by atoms with Gasteiger partial charge in [0, 0.05) is 11.6 Å². The second kappa shape index (κ2) is 6.99. The van der Waals surface area contributed by atoms with Crippen molar-refractivity contribution in [2.75, 3.05) is 6.61 Å². The van der Waals surface area contributed by atoms with E-state index in [-0.39, 0.29) is 18.1 Å². The summed E-state index contributed by atoms with van der Waals surface area (Å²) in [6, 6.07) is 8.60. The van der Waals surface area contributed by atoms with Crippen LogP contribution in [0.2, 0.25) is 0 Å². The quantitative estimate of drug-likeness (QED) is 0.907. The van der Waals surface area contributed by atoms with Crippen LogP contribution in [0.1, 0.15) is 36.1 Å². The van der Waals surface area contributed by atoms with Gasteiger partial charge in [0.25, 0.3) is 5.91 Å². The van der Waals surface area contributed by atoms with Gasteiger partial charge in [-0.05, 0) is 55.5 Å². The van der Waals surface area contributed by atoms with E-state index in [1.54, 1.807) is 6.92 Å². The van der Waals surface area contributed by atoms with Crippen molar-refractivity contribution in [3.05, 3.63) is 64.7 Å². The molecule has 0 saturated heterocycles. The normalized spacial score (nSPS) is 14.1. The summed E-state index contributed by atoms with van der Waals surface area (Å²) < 4.78 is 32.1. The van der Waals surface area contributed by atoms with Gasteiger partial charge < -0.3 is 10.1 Å². The molecule has 3 nitrogen and oxygen atoms in total. The molecule has 1 amide bonds. The number of aryl methyl sites for hydroxylation is 2. The number of carbonyl (C=O) groups is 1. The van der Waals surface area contributed by atoms with Crippen molar-refractivity contribution < 1.29 is 18.3 Å². The van der Waals surface area contributed by atoms with Crippen LogP contribution in [0, 0.1) is 11.6 Å². The van der Waals surface area contributed by atoms with Crippen LogP contribution in [0.15, 0.2) is 36.4 Å². The van der Waals surface area contributed by atoms with Gasteiger partial charge in [0.15, 0.2) is 6.61 Å². The first-order chi connectivity index (χ1) is 11.5. The highest BCUT2D eigenvalue weighted by atomic mass is 19.1. The lowest BCUT2D eigenvalue weighted by Crippen LogP contribution is -2.31. The highest BCUT2D eigenvalue weighted by molar-refractivity contribution is 5.78. The Hall–Kier alpha value is -2.43.